The van der Waals surface area contributed by atoms with Gasteiger partial charge in [-0.1, -0.05) is 55.9 Å². The average Bonchev–Trinajstić information content (AvgIpc) is 2.29. The zero-order valence-electron chi connectivity index (χ0n) is 10.8. The molecule has 1 aromatic rings. The molecule has 0 heterocycles. The van der Waals surface area contributed by atoms with Crippen LogP contribution < -0.4 is 0 Å². The van der Waals surface area contributed by atoms with Crippen LogP contribution in [-0.2, 0) is 6.42 Å². The first-order valence-electron chi connectivity index (χ1n) is 6.82. The Labute approximate surface area is 100 Å². The number of rotatable bonds is 3. The fourth-order valence-corrected chi connectivity index (χ4v) is 2.96. The molecule has 0 unspecified atom stereocenters. The number of benzene rings is 1. The minimum atomic E-state index is 1.01. The number of hydrogen-bond donors (Lipinski definition) is 0. The highest BCUT2D eigenvalue weighted by Gasteiger charge is 2.13. The van der Waals surface area contributed by atoms with Crippen molar-refractivity contribution in [1.29, 1.82) is 0 Å². The molecule has 88 valence electrons. The van der Waals surface area contributed by atoms with E-state index in [-0.39, 0.29) is 0 Å². The van der Waals surface area contributed by atoms with Gasteiger partial charge in [0.25, 0.3) is 0 Å². The molecule has 0 saturated heterocycles. The maximum absolute atomic E-state index is 2.33. The van der Waals surface area contributed by atoms with Crippen LogP contribution in [0, 0.1) is 19.8 Å². The lowest BCUT2D eigenvalue weighted by Gasteiger charge is -2.21. The van der Waals surface area contributed by atoms with E-state index in [1.807, 2.05) is 0 Å². The molecule has 1 saturated carbocycles. The van der Waals surface area contributed by atoms with E-state index in [2.05, 4.69) is 32.0 Å². The van der Waals surface area contributed by atoms with E-state index >= 15 is 0 Å². The third-order valence-electron chi connectivity index (χ3n) is 4.04. The van der Waals surface area contributed by atoms with Crippen molar-refractivity contribution in [3.63, 3.8) is 0 Å². The van der Waals surface area contributed by atoms with Crippen molar-refractivity contribution >= 4 is 0 Å². The third kappa shape index (κ3) is 3.10. The Morgan fingerprint density at radius 2 is 1.81 bits per heavy atom. The van der Waals surface area contributed by atoms with Gasteiger partial charge >= 0.3 is 0 Å². The Kier molecular flexibility index (Phi) is 4.04. The van der Waals surface area contributed by atoms with Gasteiger partial charge in [0.2, 0.25) is 0 Å². The van der Waals surface area contributed by atoms with Gasteiger partial charge in [-0.25, -0.2) is 0 Å². The second-order valence-corrected chi connectivity index (χ2v) is 5.47. The minimum absolute atomic E-state index is 1.01. The van der Waals surface area contributed by atoms with E-state index in [1.54, 1.807) is 5.56 Å². The number of aryl methyl sites for hydroxylation is 3. The summed E-state index contributed by atoms with van der Waals surface area (Å²) in [5, 5.41) is 0. The molecule has 16 heavy (non-hydrogen) atoms. The Morgan fingerprint density at radius 3 is 2.50 bits per heavy atom. The first kappa shape index (κ1) is 11.7. The highest BCUT2D eigenvalue weighted by atomic mass is 14.2. The molecule has 0 N–H and O–H groups in total. The van der Waals surface area contributed by atoms with Gasteiger partial charge in [-0.15, -0.1) is 0 Å². The van der Waals surface area contributed by atoms with Crippen LogP contribution in [-0.4, -0.2) is 0 Å². The molecule has 0 aromatic heterocycles. The smallest absolute Gasteiger partial charge is 0.0274 e. The van der Waals surface area contributed by atoms with Crippen molar-refractivity contribution in [2.75, 3.05) is 0 Å². The zero-order valence-corrected chi connectivity index (χ0v) is 10.8. The summed E-state index contributed by atoms with van der Waals surface area (Å²) in [5.74, 6) is 1.01. The lowest BCUT2D eigenvalue weighted by atomic mass is 9.85. The van der Waals surface area contributed by atoms with Crippen LogP contribution in [0.25, 0.3) is 0 Å². The predicted molar refractivity (Wildman–Crippen MR) is 70.8 cm³/mol. The van der Waals surface area contributed by atoms with E-state index in [4.69, 9.17) is 0 Å². The van der Waals surface area contributed by atoms with Crippen LogP contribution in [0.2, 0.25) is 0 Å². The number of hydrogen-bond acceptors (Lipinski definition) is 0. The molecule has 1 fully saturated rings. The molecule has 1 aliphatic rings. The normalized spacial score (nSPS) is 17.6. The van der Waals surface area contributed by atoms with Crippen LogP contribution in [0.3, 0.4) is 0 Å². The third-order valence-corrected chi connectivity index (χ3v) is 4.04. The molecular formula is C16H24. The van der Waals surface area contributed by atoms with Gasteiger partial charge in [-0.2, -0.15) is 0 Å². The zero-order chi connectivity index (χ0) is 11.4. The van der Waals surface area contributed by atoms with E-state index in [9.17, 15) is 0 Å². The maximum Gasteiger partial charge on any atom is -0.0274 e. The Hall–Kier alpha value is -0.780. The van der Waals surface area contributed by atoms with Crippen molar-refractivity contribution < 1.29 is 0 Å². The van der Waals surface area contributed by atoms with Crippen molar-refractivity contribution in [2.24, 2.45) is 5.92 Å². The summed E-state index contributed by atoms with van der Waals surface area (Å²) in [7, 11) is 0. The molecule has 0 amide bonds. The van der Waals surface area contributed by atoms with Gasteiger partial charge in [0.05, 0.1) is 0 Å². The summed E-state index contributed by atoms with van der Waals surface area (Å²) in [6.07, 6.45) is 10.1. The molecule has 0 atom stereocenters. The molecule has 0 heteroatoms. The highest BCUT2D eigenvalue weighted by Crippen LogP contribution is 2.28. The summed E-state index contributed by atoms with van der Waals surface area (Å²) in [6, 6.07) is 6.90. The molecule has 0 bridgehead atoms. The largest absolute Gasteiger partial charge is 0.0590 e. The summed E-state index contributed by atoms with van der Waals surface area (Å²) in [5.41, 5.74) is 4.44. The van der Waals surface area contributed by atoms with E-state index < -0.39 is 0 Å². The molecule has 2 rings (SSSR count). The summed E-state index contributed by atoms with van der Waals surface area (Å²) < 4.78 is 0. The van der Waals surface area contributed by atoms with Crippen LogP contribution in [0.1, 0.15) is 55.2 Å². The molecule has 0 aliphatic heterocycles. The Balaban J connectivity index is 1.88. The fourth-order valence-electron chi connectivity index (χ4n) is 2.96. The van der Waals surface area contributed by atoms with Gasteiger partial charge in [-0.3, -0.25) is 0 Å². The topological polar surface area (TPSA) is 0 Å². The lowest BCUT2D eigenvalue weighted by molar-refractivity contribution is 0.339. The second-order valence-electron chi connectivity index (χ2n) is 5.47. The van der Waals surface area contributed by atoms with Crippen LogP contribution in [0.4, 0.5) is 0 Å². The SMILES string of the molecule is Cc1ccc(CCC2CCCCC2)c(C)c1. The van der Waals surface area contributed by atoms with Gasteiger partial charge < -0.3 is 0 Å². The van der Waals surface area contributed by atoms with E-state index in [1.165, 1.54) is 56.1 Å². The molecule has 0 nitrogen and oxygen atoms in total. The summed E-state index contributed by atoms with van der Waals surface area (Å²) >= 11 is 0. The van der Waals surface area contributed by atoms with Crippen molar-refractivity contribution in [3.8, 4) is 0 Å². The summed E-state index contributed by atoms with van der Waals surface area (Å²) in [6.45, 7) is 4.43. The predicted octanol–water partition coefficient (Wildman–Crippen LogP) is 4.82. The quantitative estimate of drug-likeness (QED) is 0.679. The molecule has 0 spiro atoms. The molecule has 1 aromatic carbocycles. The standard InChI is InChI=1S/C16H24/c1-13-8-10-16(14(2)12-13)11-9-15-6-4-3-5-7-15/h8,10,12,15H,3-7,9,11H2,1-2H3. The first-order valence-corrected chi connectivity index (χ1v) is 6.82. The second kappa shape index (κ2) is 5.52. The van der Waals surface area contributed by atoms with Gasteiger partial charge in [0.15, 0.2) is 0 Å². The Morgan fingerprint density at radius 1 is 1.06 bits per heavy atom. The highest BCUT2D eigenvalue weighted by molar-refractivity contribution is 5.30. The van der Waals surface area contributed by atoms with Crippen LogP contribution in [0.15, 0.2) is 18.2 Å². The van der Waals surface area contributed by atoms with Crippen LogP contribution in [0.5, 0.6) is 0 Å². The minimum Gasteiger partial charge on any atom is -0.0590 e. The van der Waals surface area contributed by atoms with Crippen molar-refractivity contribution in [1.82, 2.24) is 0 Å². The average molecular weight is 216 g/mol. The molecular weight excluding hydrogens is 192 g/mol. The van der Waals surface area contributed by atoms with Gasteiger partial charge in [-0.05, 0) is 43.7 Å². The van der Waals surface area contributed by atoms with E-state index in [0.29, 0.717) is 0 Å². The summed E-state index contributed by atoms with van der Waals surface area (Å²) in [4.78, 5) is 0. The fraction of sp³-hybridized carbons (Fsp3) is 0.625. The van der Waals surface area contributed by atoms with Crippen molar-refractivity contribution in [2.45, 2.75) is 58.8 Å². The maximum atomic E-state index is 2.33. The first-order chi connectivity index (χ1) is 7.75. The molecule has 0 radical (unpaired) electrons. The van der Waals surface area contributed by atoms with E-state index in [0.717, 1.165) is 5.92 Å². The monoisotopic (exact) mass is 216 g/mol. The van der Waals surface area contributed by atoms with Crippen LogP contribution >= 0.6 is 0 Å². The molecule has 1 aliphatic carbocycles. The van der Waals surface area contributed by atoms with Gasteiger partial charge in [0.1, 0.15) is 0 Å². The Bertz CT molecular complexity index is 332. The van der Waals surface area contributed by atoms with Crippen molar-refractivity contribution in [3.05, 3.63) is 34.9 Å². The lowest BCUT2D eigenvalue weighted by Crippen LogP contribution is -2.07. The van der Waals surface area contributed by atoms with Gasteiger partial charge in [0, 0.05) is 0 Å².